The minimum Gasteiger partial charge on any atom is -0.494 e. The molecule has 7 nitrogen and oxygen atoms in total. The Kier molecular flexibility index (Phi) is 8.72. The van der Waals surface area contributed by atoms with Gasteiger partial charge >= 0.3 is 12.1 Å². The van der Waals surface area contributed by atoms with E-state index in [1.54, 1.807) is 0 Å². The standard InChI is InChI=1S/C31H32F3NO6S2/c1-17-12-20(40-10-5-11-43(3,38)39)13-18(2)27(17)23-7-4-6-22-21(23)8-9-25(22)41-30-28(31(32,33)34)29-24(15-35-30)19(16-42-29)14-26(36)37/h4,6-7,12-13,15,19,25H,5,8-11,14,16H2,1-3H3,(H,36,37)/t19-,25?/m1/s1. The molecule has 230 valence electrons. The fraction of sp³-hybridized carbons (Fsp3) is 0.419. The van der Waals surface area contributed by atoms with Gasteiger partial charge in [0.25, 0.3) is 0 Å². The van der Waals surface area contributed by atoms with Crippen LogP contribution in [0.25, 0.3) is 11.1 Å². The highest BCUT2D eigenvalue weighted by molar-refractivity contribution is 7.99. The lowest BCUT2D eigenvalue weighted by atomic mass is 9.90. The Balaban J connectivity index is 1.41. The quantitative estimate of drug-likeness (QED) is 0.240. The van der Waals surface area contributed by atoms with Gasteiger partial charge in [-0.25, -0.2) is 13.4 Å². The first-order chi connectivity index (χ1) is 20.2. The molecule has 0 saturated carbocycles. The smallest absolute Gasteiger partial charge is 0.422 e. The van der Waals surface area contributed by atoms with Crippen molar-refractivity contribution in [1.29, 1.82) is 0 Å². The number of alkyl halides is 3. The molecule has 0 saturated heterocycles. The number of benzene rings is 2. The SMILES string of the molecule is Cc1cc(OCCCS(C)(=O)=O)cc(C)c1-c1cccc2c1CCC2Oc1ncc2c(c1C(F)(F)F)SC[C@H]2CC(=O)O. The van der Waals surface area contributed by atoms with Crippen molar-refractivity contribution < 1.29 is 41.0 Å². The molecular formula is C31H32F3NO6S2. The van der Waals surface area contributed by atoms with Crippen molar-refractivity contribution in [2.75, 3.05) is 24.4 Å². The van der Waals surface area contributed by atoms with Crippen LogP contribution in [0.5, 0.6) is 11.6 Å². The molecule has 0 radical (unpaired) electrons. The van der Waals surface area contributed by atoms with Gasteiger partial charge in [0.05, 0.1) is 18.8 Å². The molecule has 2 aliphatic rings. The zero-order chi connectivity index (χ0) is 31.1. The van der Waals surface area contributed by atoms with Crippen LogP contribution >= 0.6 is 11.8 Å². The first-order valence-corrected chi connectivity index (χ1v) is 16.9. The Hall–Kier alpha value is -3.25. The Bertz CT molecular complexity index is 1650. The molecular weight excluding hydrogens is 603 g/mol. The van der Waals surface area contributed by atoms with E-state index in [4.69, 9.17) is 9.47 Å². The van der Waals surface area contributed by atoms with E-state index >= 15 is 0 Å². The van der Waals surface area contributed by atoms with Gasteiger partial charge in [-0.3, -0.25) is 4.79 Å². The van der Waals surface area contributed by atoms with E-state index in [1.165, 1.54) is 12.5 Å². The van der Waals surface area contributed by atoms with Crippen LogP contribution in [0.3, 0.4) is 0 Å². The number of rotatable bonds is 10. The lowest BCUT2D eigenvalue weighted by molar-refractivity contribution is -0.142. The molecule has 2 aromatic carbocycles. The van der Waals surface area contributed by atoms with Gasteiger partial charge in [0.15, 0.2) is 0 Å². The first kappa shape index (κ1) is 31.2. The number of carboxylic acids is 1. The molecule has 1 N–H and O–H groups in total. The number of halogens is 3. The Labute approximate surface area is 252 Å². The van der Waals surface area contributed by atoms with Crippen LogP contribution in [0.15, 0.2) is 41.4 Å². The van der Waals surface area contributed by atoms with Crippen molar-refractivity contribution in [1.82, 2.24) is 4.98 Å². The van der Waals surface area contributed by atoms with Gasteiger partial charge in [-0.1, -0.05) is 18.2 Å². The Morgan fingerprint density at radius 2 is 1.88 bits per heavy atom. The maximum Gasteiger partial charge on any atom is 0.422 e. The van der Waals surface area contributed by atoms with Gasteiger partial charge < -0.3 is 14.6 Å². The molecule has 0 fully saturated rings. The number of aromatic nitrogens is 1. The summed E-state index contributed by atoms with van der Waals surface area (Å²) in [6.45, 7) is 4.21. The summed E-state index contributed by atoms with van der Waals surface area (Å²) in [6, 6.07) is 9.56. The summed E-state index contributed by atoms with van der Waals surface area (Å²) in [7, 11) is -3.06. The average Bonchev–Trinajstić information content (AvgIpc) is 3.49. The third kappa shape index (κ3) is 6.80. The number of sulfone groups is 1. The van der Waals surface area contributed by atoms with Gasteiger partial charge in [-0.2, -0.15) is 13.2 Å². The summed E-state index contributed by atoms with van der Waals surface area (Å²) >= 11 is 1.000. The zero-order valence-electron chi connectivity index (χ0n) is 24.0. The predicted molar refractivity (Wildman–Crippen MR) is 158 cm³/mol. The van der Waals surface area contributed by atoms with Crippen molar-refractivity contribution in [2.24, 2.45) is 0 Å². The molecule has 1 aromatic heterocycles. The summed E-state index contributed by atoms with van der Waals surface area (Å²) in [4.78, 5) is 15.3. The second kappa shape index (κ2) is 12.0. The number of aryl methyl sites for hydroxylation is 2. The van der Waals surface area contributed by atoms with Crippen LogP contribution in [-0.4, -0.2) is 48.8 Å². The second-order valence-corrected chi connectivity index (χ2v) is 14.4. The van der Waals surface area contributed by atoms with Crippen molar-refractivity contribution >= 4 is 27.6 Å². The zero-order valence-corrected chi connectivity index (χ0v) is 25.6. The topological polar surface area (TPSA) is 103 Å². The molecule has 2 heterocycles. The molecule has 1 unspecified atom stereocenters. The maximum absolute atomic E-state index is 14.3. The molecule has 2 atom stereocenters. The number of fused-ring (bicyclic) bond motifs is 2. The molecule has 1 aliphatic heterocycles. The number of hydrogen-bond donors (Lipinski definition) is 1. The summed E-state index contributed by atoms with van der Waals surface area (Å²) in [5.41, 5.74) is 5.09. The molecule has 1 aliphatic carbocycles. The van der Waals surface area contributed by atoms with Crippen LogP contribution in [0.1, 0.15) is 64.7 Å². The number of nitrogens with zero attached hydrogens (tertiary/aromatic N) is 1. The Morgan fingerprint density at radius 3 is 2.53 bits per heavy atom. The van der Waals surface area contributed by atoms with E-state index in [0.29, 0.717) is 30.6 Å². The third-order valence-electron chi connectivity index (χ3n) is 7.77. The number of thioether (sulfide) groups is 1. The van der Waals surface area contributed by atoms with E-state index in [9.17, 15) is 31.5 Å². The van der Waals surface area contributed by atoms with Crippen molar-refractivity contribution in [3.8, 4) is 22.8 Å². The monoisotopic (exact) mass is 635 g/mol. The fourth-order valence-electron chi connectivity index (χ4n) is 5.98. The normalized spacial score (nSPS) is 17.9. The molecule has 12 heteroatoms. The summed E-state index contributed by atoms with van der Waals surface area (Å²) < 4.78 is 77.6. The van der Waals surface area contributed by atoms with Gasteiger partial charge in [0.1, 0.15) is 27.3 Å². The van der Waals surface area contributed by atoms with Gasteiger partial charge in [-0.15, -0.1) is 11.8 Å². The number of carboxylic acid groups (broad SMARTS) is 1. The van der Waals surface area contributed by atoms with E-state index in [2.05, 4.69) is 4.98 Å². The molecule has 3 aromatic rings. The molecule has 0 bridgehead atoms. The predicted octanol–water partition coefficient (Wildman–Crippen LogP) is 6.93. The van der Waals surface area contributed by atoms with Gasteiger partial charge in [0, 0.05) is 29.0 Å². The van der Waals surface area contributed by atoms with Crippen LogP contribution < -0.4 is 9.47 Å². The van der Waals surface area contributed by atoms with Crippen molar-refractivity contribution in [3.63, 3.8) is 0 Å². The first-order valence-electron chi connectivity index (χ1n) is 13.9. The maximum atomic E-state index is 14.3. The van der Waals surface area contributed by atoms with Crippen LogP contribution in [-0.2, 0) is 27.2 Å². The summed E-state index contributed by atoms with van der Waals surface area (Å²) in [5.74, 6) is -1.14. The largest absolute Gasteiger partial charge is 0.494 e. The van der Waals surface area contributed by atoms with E-state index in [-0.39, 0.29) is 29.4 Å². The highest BCUT2D eigenvalue weighted by Crippen LogP contribution is 2.51. The van der Waals surface area contributed by atoms with Gasteiger partial charge in [-0.05, 0) is 84.2 Å². The van der Waals surface area contributed by atoms with Crippen molar-refractivity contribution in [2.45, 2.75) is 62.6 Å². The lowest BCUT2D eigenvalue weighted by Crippen LogP contribution is -2.15. The number of ether oxygens (including phenoxy) is 2. The van der Waals surface area contributed by atoms with Crippen LogP contribution in [0, 0.1) is 13.8 Å². The highest BCUT2D eigenvalue weighted by atomic mass is 32.2. The second-order valence-electron chi connectivity index (χ2n) is 11.1. The number of carbonyl (C=O) groups is 1. The summed E-state index contributed by atoms with van der Waals surface area (Å²) in [5, 5.41) is 9.19. The molecule has 43 heavy (non-hydrogen) atoms. The lowest BCUT2D eigenvalue weighted by Gasteiger charge is -2.21. The third-order valence-corrected chi connectivity index (χ3v) is 10.1. The van der Waals surface area contributed by atoms with E-state index < -0.39 is 45.4 Å². The van der Waals surface area contributed by atoms with Gasteiger partial charge in [0.2, 0.25) is 5.88 Å². The highest BCUT2D eigenvalue weighted by Gasteiger charge is 2.43. The minimum atomic E-state index is -4.72. The Morgan fingerprint density at radius 1 is 1.16 bits per heavy atom. The van der Waals surface area contributed by atoms with E-state index in [0.717, 1.165) is 45.1 Å². The summed E-state index contributed by atoms with van der Waals surface area (Å²) in [6.07, 6.45) is -1.59. The number of pyridine rings is 1. The number of aliphatic carboxylic acids is 1. The molecule has 0 spiro atoms. The molecule has 5 rings (SSSR count). The van der Waals surface area contributed by atoms with E-state index in [1.807, 2.05) is 44.2 Å². The molecule has 0 amide bonds. The van der Waals surface area contributed by atoms with Crippen molar-refractivity contribution in [3.05, 3.63) is 69.9 Å². The van der Waals surface area contributed by atoms with Crippen LogP contribution in [0.4, 0.5) is 13.2 Å². The average molecular weight is 636 g/mol. The fourth-order valence-corrected chi connectivity index (χ4v) is 8.02. The minimum absolute atomic E-state index is 0.000554. The number of hydrogen-bond acceptors (Lipinski definition) is 7. The van der Waals surface area contributed by atoms with Crippen LogP contribution in [0.2, 0.25) is 0 Å².